The number of nitrogens with zero attached hydrogens (tertiary/aromatic N) is 4. The number of carbonyl (C=O) groups is 1. The van der Waals surface area contributed by atoms with Gasteiger partial charge in [-0.15, -0.1) is 24.8 Å². The molecule has 2 aliphatic heterocycles. The number of piperazine rings is 1. The van der Waals surface area contributed by atoms with Crippen molar-refractivity contribution in [2.45, 2.75) is 18.9 Å². The van der Waals surface area contributed by atoms with Crippen molar-refractivity contribution >= 4 is 36.5 Å². The van der Waals surface area contributed by atoms with Crippen LogP contribution in [0.25, 0.3) is 0 Å². The van der Waals surface area contributed by atoms with Gasteiger partial charge in [0.25, 0.3) is 0 Å². The number of hydrogen-bond donors (Lipinski definition) is 1. The third kappa shape index (κ3) is 4.92. The van der Waals surface area contributed by atoms with E-state index in [0.717, 1.165) is 31.7 Å². The van der Waals surface area contributed by atoms with Gasteiger partial charge in [-0.25, -0.2) is 4.98 Å². The van der Waals surface area contributed by atoms with Crippen LogP contribution in [0.5, 0.6) is 0 Å². The Morgan fingerprint density at radius 3 is 2.42 bits per heavy atom. The molecule has 9 heteroatoms. The molecule has 2 fully saturated rings. The Morgan fingerprint density at radius 1 is 1.17 bits per heavy atom. The van der Waals surface area contributed by atoms with Crippen molar-refractivity contribution in [1.29, 1.82) is 0 Å². The van der Waals surface area contributed by atoms with Crippen molar-refractivity contribution in [1.82, 2.24) is 14.9 Å². The quantitative estimate of drug-likeness (QED) is 0.835. The minimum Gasteiger partial charge on any atom is -0.381 e. The maximum atomic E-state index is 12.6. The van der Waals surface area contributed by atoms with E-state index in [0.29, 0.717) is 26.3 Å². The molecule has 0 bridgehead atoms. The van der Waals surface area contributed by atoms with Gasteiger partial charge in [-0.3, -0.25) is 9.78 Å². The van der Waals surface area contributed by atoms with Crippen LogP contribution in [0, 0.1) is 5.92 Å². The van der Waals surface area contributed by atoms with Crippen molar-refractivity contribution in [3.05, 3.63) is 18.6 Å². The van der Waals surface area contributed by atoms with Gasteiger partial charge in [-0.1, -0.05) is 0 Å². The van der Waals surface area contributed by atoms with Gasteiger partial charge in [0.15, 0.2) is 0 Å². The maximum Gasteiger partial charge on any atom is 0.239 e. The number of nitrogens with two attached hydrogens (primary N) is 1. The molecule has 136 valence electrons. The molecule has 1 aromatic heterocycles. The first kappa shape index (κ1) is 20.9. The first-order valence-corrected chi connectivity index (χ1v) is 7.89. The number of halogens is 2. The van der Waals surface area contributed by atoms with Crippen molar-refractivity contribution in [3.8, 4) is 0 Å². The normalized spacial score (nSPS) is 19.9. The van der Waals surface area contributed by atoms with Crippen LogP contribution in [-0.4, -0.2) is 66.2 Å². The van der Waals surface area contributed by atoms with Crippen LogP contribution in [0.1, 0.15) is 12.8 Å². The zero-order chi connectivity index (χ0) is 15.4. The van der Waals surface area contributed by atoms with E-state index in [2.05, 4.69) is 14.9 Å². The molecule has 0 aliphatic carbocycles. The van der Waals surface area contributed by atoms with E-state index in [-0.39, 0.29) is 36.6 Å². The summed E-state index contributed by atoms with van der Waals surface area (Å²) in [5.41, 5.74) is 6.19. The second-order valence-corrected chi connectivity index (χ2v) is 5.85. The largest absolute Gasteiger partial charge is 0.381 e. The summed E-state index contributed by atoms with van der Waals surface area (Å²) in [6.07, 6.45) is 6.87. The highest BCUT2D eigenvalue weighted by molar-refractivity contribution is 5.85. The van der Waals surface area contributed by atoms with Gasteiger partial charge in [-0.05, 0) is 18.8 Å². The number of anilines is 1. The van der Waals surface area contributed by atoms with Crippen LogP contribution < -0.4 is 10.6 Å². The van der Waals surface area contributed by atoms with Crippen LogP contribution in [0.4, 0.5) is 5.82 Å². The fourth-order valence-corrected chi connectivity index (χ4v) is 3.10. The van der Waals surface area contributed by atoms with E-state index in [1.807, 2.05) is 4.90 Å². The smallest absolute Gasteiger partial charge is 0.239 e. The molecular weight excluding hydrogens is 353 g/mol. The summed E-state index contributed by atoms with van der Waals surface area (Å²) in [5.74, 6) is 1.19. The van der Waals surface area contributed by atoms with E-state index in [1.165, 1.54) is 0 Å². The fourth-order valence-electron chi connectivity index (χ4n) is 3.10. The molecule has 7 nitrogen and oxygen atoms in total. The SMILES string of the molecule is Cl.Cl.NC(C(=O)N1CCN(c2cnccn2)CC1)C1CCOCC1. The van der Waals surface area contributed by atoms with Crippen molar-refractivity contribution in [2.75, 3.05) is 44.3 Å². The minimum atomic E-state index is -0.396. The second kappa shape index (κ2) is 9.98. The molecule has 2 saturated heterocycles. The predicted molar refractivity (Wildman–Crippen MR) is 96.8 cm³/mol. The molecule has 24 heavy (non-hydrogen) atoms. The van der Waals surface area contributed by atoms with Gasteiger partial charge in [0.2, 0.25) is 5.91 Å². The average Bonchev–Trinajstić information content (AvgIpc) is 2.62. The summed E-state index contributed by atoms with van der Waals surface area (Å²) in [4.78, 5) is 25.0. The molecule has 1 aromatic rings. The molecule has 2 N–H and O–H groups in total. The first-order valence-electron chi connectivity index (χ1n) is 7.89. The molecule has 1 amide bonds. The Bertz CT molecular complexity index is 494. The van der Waals surface area contributed by atoms with Crippen LogP contribution in [-0.2, 0) is 9.53 Å². The third-order valence-electron chi connectivity index (χ3n) is 4.52. The Labute approximate surface area is 154 Å². The van der Waals surface area contributed by atoms with Crippen LogP contribution in [0.3, 0.4) is 0 Å². The second-order valence-electron chi connectivity index (χ2n) is 5.85. The van der Waals surface area contributed by atoms with Crippen LogP contribution in [0.15, 0.2) is 18.6 Å². The van der Waals surface area contributed by atoms with Crippen LogP contribution >= 0.6 is 24.8 Å². The van der Waals surface area contributed by atoms with Crippen molar-refractivity contribution < 1.29 is 9.53 Å². The number of ether oxygens (including phenoxy) is 1. The first-order chi connectivity index (χ1) is 10.8. The molecule has 1 unspecified atom stereocenters. The Morgan fingerprint density at radius 2 is 1.83 bits per heavy atom. The predicted octanol–water partition coefficient (Wildman–Crippen LogP) is 0.723. The van der Waals surface area contributed by atoms with Crippen LogP contribution in [0.2, 0.25) is 0 Å². The van der Waals surface area contributed by atoms with E-state index in [1.54, 1.807) is 18.6 Å². The lowest BCUT2D eigenvalue weighted by Gasteiger charge is -2.38. The molecule has 2 aliphatic rings. The molecule has 0 spiro atoms. The summed E-state index contributed by atoms with van der Waals surface area (Å²) in [5, 5.41) is 0. The molecule has 3 heterocycles. The standard InChI is InChI=1S/C15H23N5O2.2ClH/c16-14(12-1-9-22-10-2-12)15(21)20-7-5-19(6-8-20)13-11-17-3-4-18-13;;/h3-4,11-12,14H,1-2,5-10,16H2;2*1H. The van der Waals surface area contributed by atoms with Gasteiger partial charge in [0, 0.05) is 51.8 Å². The minimum absolute atomic E-state index is 0. The zero-order valence-corrected chi connectivity index (χ0v) is 15.2. The summed E-state index contributed by atoms with van der Waals surface area (Å²) < 4.78 is 5.34. The van der Waals surface area contributed by atoms with Gasteiger partial charge in [0.1, 0.15) is 5.82 Å². The highest BCUT2D eigenvalue weighted by atomic mass is 35.5. The van der Waals surface area contributed by atoms with E-state index < -0.39 is 6.04 Å². The molecular formula is C15H25Cl2N5O2. The number of hydrogen-bond acceptors (Lipinski definition) is 6. The van der Waals surface area contributed by atoms with E-state index >= 15 is 0 Å². The fraction of sp³-hybridized carbons (Fsp3) is 0.667. The maximum absolute atomic E-state index is 12.6. The number of carbonyl (C=O) groups excluding carboxylic acids is 1. The van der Waals surface area contributed by atoms with E-state index in [4.69, 9.17) is 10.5 Å². The highest BCUT2D eigenvalue weighted by Gasteiger charge is 2.31. The monoisotopic (exact) mass is 377 g/mol. The topological polar surface area (TPSA) is 84.6 Å². The lowest BCUT2D eigenvalue weighted by atomic mass is 9.91. The molecule has 1 atom stereocenters. The Balaban J connectivity index is 0.00000144. The number of aromatic nitrogens is 2. The highest BCUT2D eigenvalue weighted by Crippen LogP contribution is 2.20. The lowest BCUT2D eigenvalue weighted by Crippen LogP contribution is -2.55. The molecule has 3 rings (SSSR count). The number of amides is 1. The van der Waals surface area contributed by atoms with Gasteiger partial charge in [-0.2, -0.15) is 0 Å². The molecule has 0 aromatic carbocycles. The van der Waals surface area contributed by atoms with E-state index in [9.17, 15) is 4.79 Å². The van der Waals surface area contributed by atoms with Gasteiger partial charge in [0.05, 0.1) is 12.2 Å². The summed E-state index contributed by atoms with van der Waals surface area (Å²) >= 11 is 0. The lowest BCUT2D eigenvalue weighted by molar-refractivity contribution is -0.135. The summed E-state index contributed by atoms with van der Waals surface area (Å²) in [7, 11) is 0. The molecule has 0 saturated carbocycles. The van der Waals surface area contributed by atoms with Crippen molar-refractivity contribution in [3.63, 3.8) is 0 Å². The number of rotatable bonds is 3. The Kier molecular flexibility index (Phi) is 8.69. The summed E-state index contributed by atoms with van der Waals surface area (Å²) in [6.45, 7) is 4.34. The zero-order valence-electron chi connectivity index (χ0n) is 13.5. The average molecular weight is 378 g/mol. The summed E-state index contributed by atoms with van der Waals surface area (Å²) in [6, 6.07) is -0.396. The van der Waals surface area contributed by atoms with Crippen molar-refractivity contribution in [2.24, 2.45) is 11.7 Å². The van der Waals surface area contributed by atoms with Gasteiger partial charge < -0.3 is 20.3 Å². The molecule has 0 radical (unpaired) electrons. The third-order valence-corrected chi connectivity index (χ3v) is 4.52. The van der Waals surface area contributed by atoms with Gasteiger partial charge >= 0.3 is 0 Å². The Hall–Kier alpha value is -1.15.